The second-order valence-corrected chi connectivity index (χ2v) is 5.14. The number of allylic oxidation sites excluding steroid dienone is 1. The van der Waals surface area contributed by atoms with E-state index in [2.05, 4.69) is 11.9 Å². The van der Waals surface area contributed by atoms with E-state index in [4.69, 9.17) is 0 Å². The van der Waals surface area contributed by atoms with Gasteiger partial charge in [-0.15, -0.1) is 0 Å². The number of rotatable bonds is 3. The lowest BCUT2D eigenvalue weighted by atomic mass is 9.92. The van der Waals surface area contributed by atoms with Crippen molar-refractivity contribution in [2.75, 3.05) is 0 Å². The molecule has 1 aromatic rings. The molecule has 0 spiro atoms. The molecule has 0 saturated heterocycles. The van der Waals surface area contributed by atoms with Crippen LogP contribution in [-0.2, 0) is 4.79 Å². The molecule has 0 saturated carbocycles. The summed E-state index contributed by atoms with van der Waals surface area (Å²) in [5, 5.41) is 2.91. The molecule has 0 aliphatic carbocycles. The van der Waals surface area contributed by atoms with E-state index in [1.807, 2.05) is 19.9 Å². The largest absolute Gasteiger partial charge is 0.349 e. The Kier molecular flexibility index (Phi) is 4.18. The lowest BCUT2D eigenvalue weighted by Crippen LogP contribution is -2.38. The number of benzene rings is 1. The smallest absolute Gasteiger partial charge is 0.252 e. The zero-order valence-corrected chi connectivity index (χ0v) is 11.7. The molecule has 1 aliphatic heterocycles. The molecule has 1 amide bonds. The van der Waals surface area contributed by atoms with Crippen molar-refractivity contribution in [3.8, 4) is 0 Å². The number of hydrogen-bond acceptors (Lipinski definition) is 1. The topological polar surface area (TPSA) is 29.1 Å². The maximum atomic E-state index is 12.8. The monoisotopic (exact) mass is 271 g/mol. The Hall–Kier alpha value is -2.16. The summed E-state index contributed by atoms with van der Waals surface area (Å²) in [5.74, 6) is -0.338. The molecule has 1 aliphatic rings. The Balaban J connectivity index is 2.17. The Bertz CT molecular complexity index is 596. The summed E-state index contributed by atoms with van der Waals surface area (Å²) in [6.45, 7) is 7.90. The SMILES string of the molecule is C=C(/C=C/c1ccc(F)cc1)C1=C(C)CC(C)NC1=O. The molecular formula is C17H18FNO. The molecule has 3 heteroatoms. The van der Waals surface area contributed by atoms with E-state index in [-0.39, 0.29) is 17.8 Å². The zero-order chi connectivity index (χ0) is 14.7. The summed E-state index contributed by atoms with van der Waals surface area (Å²) < 4.78 is 12.8. The van der Waals surface area contributed by atoms with Crippen LogP contribution in [0.1, 0.15) is 25.8 Å². The summed E-state index contributed by atoms with van der Waals surface area (Å²) in [6, 6.07) is 6.34. The average Bonchev–Trinajstić information content (AvgIpc) is 2.37. The third-order valence-electron chi connectivity index (χ3n) is 3.31. The third-order valence-corrected chi connectivity index (χ3v) is 3.31. The molecule has 1 unspecified atom stereocenters. The van der Waals surface area contributed by atoms with Gasteiger partial charge in [0.25, 0.3) is 5.91 Å². The predicted molar refractivity (Wildman–Crippen MR) is 79.5 cm³/mol. The van der Waals surface area contributed by atoms with Crippen LogP contribution in [0.15, 0.2) is 53.6 Å². The van der Waals surface area contributed by atoms with Crippen molar-refractivity contribution >= 4 is 12.0 Å². The molecular weight excluding hydrogens is 253 g/mol. The van der Waals surface area contributed by atoms with Gasteiger partial charge in [-0.1, -0.05) is 36.4 Å². The van der Waals surface area contributed by atoms with Crippen LogP contribution in [0.2, 0.25) is 0 Å². The first-order chi connectivity index (χ1) is 9.47. The van der Waals surface area contributed by atoms with Crippen LogP contribution in [0.3, 0.4) is 0 Å². The van der Waals surface area contributed by atoms with Crippen LogP contribution >= 0.6 is 0 Å². The Morgan fingerprint density at radius 1 is 1.40 bits per heavy atom. The minimum Gasteiger partial charge on any atom is -0.349 e. The molecule has 1 aromatic carbocycles. The fraction of sp³-hybridized carbons (Fsp3) is 0.235. The molecule has 20 heavy (non-hydrogen) atoms. The molecule has 2 rings (SSSR count). The first-order valence-corrected chi connectivity index (χ1v) is 6.61. The minimum atomic E-state index is -0.264. The highest BCUT2D eigenvalue weighted by molar-refractivity contribution is 6.00. The van der Waals surface area contributed by atoms with Crippen LogP contribution in [0.5, 0.6) is 0 Å². The van der Waals surface area contributed by atoms with Gasteiger partial charge in [0.1, 0.15) is 5.82 Å². The number of nitrogens with one attached hydrogen (secondary N) is 1. The van der Waals surface area contributed by atoms with E-state index >= 15 is 0 Å². The molecule has 0 radical (unpaired) electrons. The number of halogens is 1. The molecule has 0 fully saturated rings. The van der Waals surface area contributed by atoms with E-state index in [0.29, 0.717) is 11.1 Å². The number of carbonyl (C=O) groups excluding carboxylic acids is 1. The van der Waals surface area contributed by atoms with Crippen LogP contribution < -0.4 is 5.32 Å². The molecule has 0 aromatic heterocycles. The van der Waals surface area contributed by atoms with E-state index in [1.54, 1.807) is 18.2 Å². The average molecular weight is 271 g/mol. The lowest BCUT2D eigenvalue weighted by Gasteiger charge is -2.24. The highest BCUT2D eigenvalue weighted by atomic mass is 19.1. The van der Waals surface area contributed by atoms with Gasteiger partial charge in [0.05, 0.1) is 0 Å². The van der Waals surface area contributed by atoms with Crippen molar-refractivity contribution in [1.82, 2.24) is 5.32 Å². The predicted octanol–water partition coefficient (Wildman–Crippen LogP) is 3.62. The first kappa shape index (κ1) is 14.3. The van der Waals surface area contributed by atoms with Crippen molar-refractivity contribution < 1.29 is 9.18 Å². The van der Waals surface area contributed by atoms with Crippen molar-refractivity contribution in [2.45, 2.75) is 26.3 Å². The van der Waals surface area contributed by atoms with Gasteiger partial charge >= 0.3 is 0 Å². The number of hydrogen-bond donors (Lipinski definition) is 1. The quantitative estimate of drug-likeness (QED) is 0.836. The fourth-order valence-corrected chi connectivity index (χ4v) is 2.38. The molecule has 1 heterocycles. The highest BCUT2D eigenvalue weighted by Gasteiger charge is 2.22. The molecule has 104 valence electrons. The van der Waals surface area contributed by atoms with E-state index in [0.717, 1.165) is 17.6 Å². The van der Waals surface area contributed by atoms with Gasteiger partial charge in [0, 0.05) is 11.6 Å². The van der Waals surface area contributed by atoms with Gasteiger partial charge in [-0.3, -0.25) is 4.79 Å². The summed E-state index contributed by atoms with van der Waals surface area (Å²) >= 11 is 0. The van der Waals surface area contributed by atoms with Crippen LogP contribution in [0, 0.1) is 5.82 Å². The van der Waals surface area contributed by atoms with Gasteiger partial charge in [-0.25, -0.2) is 4.39 Å². The maximum absolute atomic E-state index is 12.8. The Morgan fingerprint density at radius 3 is 2.65 bits per heavy atom. The number of amides is 1. The molecule has 2 nitrogen and oxygen atoms in total. The van der Waals surface area contributed by atoms with Crippen molar-refractivity contribution in [2.24, 2.45) is 0 Å². The summed E-state index contributed by atoms with van der Waals surface area (Å²) in [7, 11) is 0. The lowest BCUT2D eigenvalue weighted by molar-refractivity contribution is -0.118. The third kappa shape index (κ3) is 3.23. The van der Waals surface area contributed by atoms with Crippen LogP contribution in [0.4, 0.5) is 4.39 Å². The molecule has 0 bridgehead atoms. The Morgan fingerprint density at radius 2 is 2.05 bits per heavy atom. The normalized spacial score (nSPS) is 19.4. The van der Waals surface area contributed by atoms with E-state index < -0.39 is 0 Å². The molecule has 1 atom stereocenters. The van der Waals surface area contributed by atoms with E-state index in [9.17, 15) is 9.18 Å². The molecule has 1 N–H and O–H groups in total. The van der Waals surface area contributed by atoms with Crippen molar-refractivity contribution in [1.29, 1.82) is 0 Å². The van der Waals surface area contributed by atoms with Crippen molar-refractivity contribution in [3.05, 3.63) is 65.0 Å². The standard InChI is InChI=1S/C17H18FNO/c1-11(4-5-14-6-8-15(18)9-7-14)16-12(2)10-13(3)19-17(16)20/h4-9,13H,1,10H2,2-3H3,(H,19,20)/b5-4+. The second-order valence-electron chi connectivity index (χ2n) is 5.14. The highest BCUT2D eigenvalue weighted by Crippen LogP contribution is 2.23. The van der Waals surface area contributed by atoms with Gasteiger partial charge in [-0.05, 0) is 43.5 Å². The minimum absolute atomic E-state index is 0.0741. The van der Waals surface area contributed by atoms with Crippen LogP contribution in [-0.4, -0.2) is 11.9 Å². The fourth-order valence-electron chi connectivity index (χ4n) is 2.38. The summed E-state index contributed by atoms with van der Waals surface area (Å²) in [6.07, 6.45) is 4.46. The summed E-state index contributed by atoms with van der Waals surface area (Å²) in [4.78, 5) is 12.0. The first-order valence-electron chi connectivity index (χ1n) is 6.61. The maximum Gasteiger partial charge on any atom is 0.252 e. The van der Waals surface area contributed by atoms with Crippen LogP contribution in [0.25, 0.3) is 6.08 Å². The summed E-state index contributed by atoms with van der Waals surface area (Å²) in [5.41, 5.74) is 3.25. The van der Waals surface area contributed by atoms with Gasteiger partial charge in [0.2, 0.25) is 0 Å². The van der Waals surface area contributed by atoms with Gasteiger partial charge < -0.3 is 5.32 Å². The van der Waals surface area contributed by atoms with Gasteiger partial charge in [0.15, 0.2) is 0 Å². The zero-order valence-electron chi connectivity index (χ0n) is 11.7. The Labute approximate surface area is 118 Å². The second kappa shape index (κ2) is 5.87. The number of carbonyl (C=O) groups is 1. The van der Waals surface area contributed by atoms with Crippen molar-refractivity contribution in [3.63, 3.8) is 0 Å². The van der Waals surface area contributed by atoms with Gasteiger partial charge in [-0.2, -0.15) is 0 Å². The van der Waals surface area contributed by atoms with E-state index in [1.165, 1.54) is 12.1 Å².